The van der Waals surface area contributed by atoms with E-state index in [0.29, 0.717) is 6.42 Å². The van der Waals surface area contributed by atoms with Gasteiger partial charge in [0.15, 0.2) is 0 Å². The van der Waals surface area contributed by atoms with Crippen molar-refractivity contribution >= 4 is 16.8 Å². The van der Waals surface area contributed by atoms with Gasteiger partial charge in [0.05, 0.1) is 18.7 Å². The number of H-pyrrole nitrogens is 1. The van der Waals surface area contributed by atoms with Gasteiger partial charge >= 0.3 is 0 Å². The van der Waals surface area contributed by atoms with Crippen molar-refractivity contribution in [2.24, 2.45) is 7.05 Å². The zero-order valence-corrected chi connectivity index (χ0v) is 14.9. The molecule has 0 bridgehead atoms. The number of amides is 1. The molecule has 5 heteroatoms. The third kappa shape index (κ3) is 2.94. The lowest BCUT2D eigenvalue weighted by atomic mass is 10.0. The highest BCUT2D eigenvalue weighted by molar-refractivity contribution is 5.93. The number of fused-ring (bicyclic) bond motifs is 1. The Labute approximate surface area is 142 Å². The maximum Gasteiger partial charge on any atom is 0.224 e. The van der Waals surface area contributed by atoms with Gasteiger partial charge < -0.3 is 10.3 Å². The molecular formula is C19H24N4O. The molecule has 3 aromatic rings. The van der Waals surface area contributed by atoms with Crippen molar-refractivity contribution < 1.29 is 4.79 Å². The number of rotatable bonds is 4. The summed E-state index contributed by atoms with van der Waals surface area (Å²) in [6.45, 7) is 8.19. The molecule has 2 heterocycles. The highest BCUT2D eigenvalue weighted by Gasteiger charge is 2.17. The van der Waals surface area contributed by atoms with Gasteiger partial charge in [-0.2, -0.15) is 5.10 Å². The van der Waals surface area contributed by atoms with Crippen molar-refractivity contribution in [1.29, 1.82) is 0 Å². The van der Waals surface area contributed by atoms with Crippen LogP contribution in [0.15, 0.2) is 24.5 Å². The molecule has 0 fully saturated rings. The van der Waals surface area contributed by atoms with Gasteiger partial charge in [0.2, 0.25) is 5.91 Å². The molecule has 0 radical (unpaired) electrons. The quantitative estimate of drug-likeness (QED) is 0.774. The molecule has 0 spiro atoms. The van der Waals surface area contributed by atoms with Gasteiger partial charge in [0.1, 0.15) is 0 Å². The van der Waals surface area contributed by atoms with Gasteiger partial charge in [0, 0.05) is 35.4 Å². The third-order valence-corrected chi connectivity index (χ3v) is 4.63. The molecule has 126 valence electrons. The lowest BCUT2D eigenvalue weighted by Gasteiger charge is -2.12. The summed E-state index contributed by atoms with van der Waals surface area (Å²) in [6.07, 6.45) is 4.09. The summed E-state index contributed by atoms with van der Waals surface area (Å²) in [7, 11) is 1.87. The summed E-state index contributed by atoms with van der Waals surface area (Å²) in [5, 5.41) is 8.40. The van der Waals surface area contributed by atoms with E-state index in [9.17, 15) is 4.79 Å². The summed E-state index contributed by atoms with van der Waals surface area (Å²) >= 11 is 0. The van der Waals surface area contributed by atoms with Crippen LogP contribution in [0.25, 0.3) is 10.9 Å². The molecule has 24 heavy (non-hydrogen) atoms. The van der Waals surface area contributed by atoms with Crippen LogP contribution in [0.3, 0.4) is 0 Å². The summed E-state index contributed by atoms with van der Waals surface area (Å²) < 4.78 is 1.74. The Kier molecular flexibility index (Phi) is 4.18. The maximum absolute atomic E-state index is 12.5. The van der Waals surface area contributed by atoms with Gasteiger partial charge in [-0.3, -0.25) is 9.48 Å². The zero-order chi connectivity index (χ0) is 17.4. The normalized spacial score (nSPS) is 12.5. The fourth-order valence-corrected chi connectivity index (χ4v) is 3.23. The van der Waals surface area contributed by atoms with Gasteiger partial charge in [-0.15, -0.1) is 0 Å². The van der Waals surface area contributed by atoms with Crippen molar-refractivity contribution in [3.63, 3.8) is 0 Å². The van der Waals surface area contributed by atoms with E-state index in [1.54, 1.807) is 10.9 Å². The SMILES string of the molecule is Cc1[nH]c2c(C)ccc(C)c2c1CC(=O)N[C@@H](C)c1cnn(C)c1. The molecule has 0 unspecified atom stereocenters. The van der Waals surface area contributed by atoms with Crippen LogP contribution in [-0.4, -0.2) is 20.7 Å². The second-order valence-electron chi connectivity index (χ2n) is 6.59. The van der Waals surface area contributed by atoms with E-state index in [4.69, 9.17) is 0 Å². The van der Waals surface area contributed by atoms with E-state index in [-0.39, 0.29) is 11.9 Å². The number of nitrogens with zero attached hydrogens (tertiary/aromatic N) is 2. The first-order chi connectivity index (χ1) is 11.4. The van der Waals surface area contributed by atoms with Crippen molar-refractivity contribution in [3.05, 3.63) is 52.5 Å². The highest BCUT2D eigenvalue weighted by Crippen LogP contribution is 2.28. The molecule has 1 aromatic carbocycles. The molecule has 1 atom stereocenters. The molecule has 5 nitrogen and oxygen atoms in total. The van der Waals surface area contributed by atoms with Crippen LogP contribution in [0, 0.1) is 20.8 Å². The maximum atomic E-state index is 12.5. The standard InChI is InChI=1S/C19H24N4O/c1-11-6-7-12(2)19-18(11)16(14(4)22-19)8-17(24)21-13(3)15-9-20-23(5)10-15/h6-7,9-10,13,22H,8H2,1-5H3,(H,21,24)/t13-/m0/s1. The van der Waals surface area contributed by atoms with Crippen molar-refractivity contribution in [2.45, 2.75) is 40.2 Å². The highest BCUT2D eigenvalue weighted by atomic mass is 16.1. The van der Waals surface area contributed by atoms with Crippen LogP contribution in [0.5, 0.6) is 0 Å². The Morgan fingerprint density at radius 2 is 2.00 bits per heavy atom. The van der Waals surface area contributed by atoms with E-state index in [0.717, 1.165) is 22.3 Å². The number of carbonyl (C=O) groups excluding carboxylic acids is 1. The number of hydrogen-bond donors (Lipinski definition) is 2. The predicted molar refractivity (Wildman–Crippen MR) is 96.0 cm³/mol. The number of hydrogen-bond acceptors (Lipinski definition) is 2. The second-order valence-corrected chi connectivity index (χ2v) is 6.59. The number of benzene rings is 1. The lowest BCUT2D eigenvalue weighted by Crippen LogP contribution is -2.28. The summed E-state index contributed by atoms with van der Waals surface area (Å²) in [5.74, 6) is 0.0243. The Balaban J connectivity index is 1.83. The molecule has 0 saturated carbocycles. The fourth-order valence-electron chi connectivity index (χ4n) is 3.23. The van der Waals surface area contributed by atoms with Gasteiger partial charge in [-0.05, 0) is 44.4 Å². The summed E-state index contributed by atoms with van der Waals surface area (Å²) in [6, 6.07) is 4.17. The van der Waals surface area contributed by atoms with Gasteiger partial charge in [0.25, 0.3) is 0 Å². The zero-order valence-electron chi connectivity index (χ0n) is 14.9. The van der Waals surface area contributed by atoms with Crippen LogP contribution < -0.4 is 5.32 Å². The van der Waals surface area contributed by atoms with Gasteiger partial charge in [-0.1, -0.05) is 12.1 Å². The molecular weight excluding hydrogens is 300 g/mol. The van der Waals surface area contributed by atoms with E-state index < -0.39 is 0 Å². The number of nitrogens with one attached hydrogen (secondary N) is 2. The minimum absolute atomic E-state index is 0.0243. The number of aromatic amines is 1. The molecule has 3 rings (SSSR count). The smallest absolute Gasteiger partial charge is 0.224 e. The molecule has 0 saturated heterocycles. The third-order valence-electron chi connectivity index (χ3n) is 4.63. The Hall–Kier alpha value is -2.56. The molecule has 1 amide bonds. The van der Waals surface area contributed by atoms with E-state index >= 15 is 0 Å². The predicted octanol–water partition coefficient (Wildman–Crippen LogP) is 3.25. The van der Waals surface area contributed by atoms with Crippen molar-refractivity contribution in [2.75, 3.05) is 0 Å². The van der Waals surface area contributed by atoms with Crippen LogP contribution in [-0.2, 0) is 18.3 Å². The fraction of sp³-hybridized carbons (Fsp3) is 0.368. The second kappa shape index (κ2) is 6.15. The summed E-state index contributed by atoms with van der Waals surface area (Å²) in [5.41, 5.74) is 6.69. The van der Waals surface area contributed by atoms with E-state index in [1.807, 2.05) is 27.1 Å². The van der Waals surface area contributed by atoms with Gasteiger partial charge in [-0.25, -0.2) is 0 Å². The molecule has 0 aliphatic heterocycles. The first-order valence-corrected chi connectivity index (χ1v) is 8.22. The van der Waals surface area contributed by atoms with Crippen LogP contribution in [0.1, 0.15) is 40.9 Å². The Morgan fingerprint density at radius 3 is 2.67 bits per heavy atom. The number of aromatic nitrogens is 3. The molecule has 2 aromatic heterocycles. The Bertz CT molecular complexity index is 904. The van der Waals surface area contributed by atoms with E-state index in [1.165, 1.54) is 16.5 Å². The number of carbonyl (C=O) groups is 1. The van der Waals surface area contributed by atoms with Crippen LogP contribution >= 0.6 is 0 Å². The van der Waals surface area contributed by atoms with Crippen molar-refractivity contribution in [1.82, 2.24) is 20.1 Å². The number of aryl methyl sites for hydroxylation is 4. The minimum atomic E-state index is -0.0560. The average molecular weight is 324 g/mol. The minimum Gasteiger partial charge on any atom is -0.358 e. The van der Waals surface area contributed by atoms with Crippen LogP contribution in [0.2, 0.25) is 0 Å². The largest absolute Gasteiger partial charge is 0.358 e. The first kappa shape index (κ1) is 16.3. The first-order valence-electron chi connectivity index (χ1n) is 8.22. The monoisotopic (exact) mass is 324 g/mol. The van der Waals surface area contributed by atoms with E-state index in [2.05, 4.69) is 41.4 Å². The lowest BCUT2D eigenvalue weighted by molar-refractivity contribution is -0.121. The molecule has 0 aliphatic carbocycles. The average Bonchev–Trinajstić information content (AvgIpc) is 3.08. The Morgan fingerprint density at radius 1 is 1.29 bits per heavy atom. The molecule has 2 N–H and O–H groups in total. The van der Waals surface area contributed by atoms with Crippen molar-refractivity contribution in [3.8, 4) is 0 Å². The topological polar surface area (TPSA) is 62.7 Å². The summed E-state index contributed by atoms with van der Waals surface area (Å²) in [4.78, 5) is 16.0. The van der Waals surface area contributed by atoms with Crippen LogP contribution in [0.4, 0.5) is 0 Å². The molecule has 0 aliphatic rings.